The fourth-order valence-electron chi connectivity index (χ4n) is 15.2. The fourth-order valence-corrected chi connectivity index (χ4v) is 15.7. The molecule has 0 unspecified atom stereocenters. The van der Waals surface area contributed by atoms with E-state index in [1.54, 1.807) is 6.08 Å². The van der Waals surface area contributed by atoms with Crippen molar-refractivity contribution in [3.63, 3.8) is 0 Å². The van der Waals surface area contributed by atoms with Crippen LogP contribution in [0.5, 0.6) is 0 Å². The zero-order valence-electron chi connectivity index (χ0n) is 49.1. The third-order valence-electron chi connectivity index (χ3n) is 19.8. The van der Waals surface area contributed by atoms with Crippen molar-refractivity contribution in [2.24, 2.45) is 28.6 Å². The summed E-state index contributed by atoms with van der Waals surface area (Å²) in [6.07, 6.45) is -34.3. The summed E-state index contributed by atoms with van der Waals surface area (Å²) in [4.78, 5) is 13.1. The molecule has 27 heteroatoms. The number of allylic oxidation sites excluding steroid dienone is 6. The molecule has 4 aliphatic carbocycles. The van der Waals surface area contributed by atoms with Crippen molar-refractivity contribution >= 4 is 16.2 Å². The van der Waals surface area contributed by atoms with Crippen LogP contribution in [0.2, 0.25) is 0 Å². The number of hydrogen-bond acceptors (Lipinski definition) is 25. The number of fused-ring (bicyclic) bond motifs is 5. The number of ether oxygens (including phenoxy) is 10. The van der Waals surface area contributed by atoms with Gasteiger partial charge >= 0.3 is 10.4 Å². The molecular weight excluding hydrogens is 1130 g/mol. The van der Waals surface area contributed by atoms with Crippen molar-refractivity contribution in [3.8, 4) is 0 Å². The van der Waals surface area contributed by atoms with E-state index in [4.69, 9.17) is 51.6 Å². The maximum absolute atomic E-state index is 13.1. The van der Waals surface area contributed by atoms with Crippen molar-refractivity contribution in [1.29, 1.82) is 0 Å². The van der Waals surface area contributed by atoms with Gasteiger partial charge in [0.2, 0.25) is 0 Å². The molecule has 0 bridgehead atoms. The molecule has 0 aromatic carbocycles. The van der Waals surface area contributed by atoms with E-state index in [2.05, 4.69) is 19.9 Å². The first-order chi connectivity index (χ1) is 39.2. The predicted octanol–water partition coefficient (Wildman–Crippen LogP) is -0.391. The van der Waals surface area contributed by atoms with Crippen molar-refractivity contribution in [1.82, 2.24) is 0 Å². The second-order valence-electron chi connectivity index (χ2n) is 25.9. The highest BCUT2D eigenvalue weighted by Crippen LogP contribution is 2.66. The van der Waals surface area contributed by atoms with Crippen LogP contribution < -0.4 is 0 Å². The minimum absolute atomic E-state index is 0.0315. The van der Waals surface area contributed by atoms with E-state index in [1.807, 2.05) is 20.8 Å². The zero-order chi connectivity index (χ0) is 61.6. The van der Waals surface area contributed by atoms with Crippen LogP contribution in [0.1, 0.15) is 121 Å². The summed E-state index contributed by atoms with van der Waals surface area (Å²) in [7, 11) is -4.86. The van der Waals surface area contributed by atoms with E-state index in [9.17, 15) is 73.9 Å². The minimum Gasteiger partial charge on any atom is -0.388 e. The van der Waals surface area contributed by atoms with Gasteiger partial charge in [0.1, 0.15) is 91.6 Å². The van der Waals surface area contributed by atoms with Crippen LogP contribution in [-0.2, 0) is 66.7 Å². The predicted molar refractivity (Wildman–Crippen MR) is 287 cm³/mol. The molecule has 26 nitrogen and oxygen atoms in total. The number of hydrogen-bond donors (Lipinski definition) is 12. The highest BCUT2D eigenvalue weighted by atomic mass is 32.3. The fraction of sp³-hybridized carbons (Fsp3) is 0.877. The lowest BCUT2D eigenvalue weighted by atomic mass is 9.48. The smallest absolute Gasteiger partial charge is 0.388 e. The molecule has 0 radical (unpaired) electrons. The lowest BCUT2D eigenvalue weighted by Gasteiger charge is -2.59. The van der Waals surface area contributed by atoms with E-state index >= 15 is 0 Å². The highest BCUT2D eigenvalue weighted by molar-refractivity contribution is 7.80. The third kappa shape index (κ3) is 13.0. The summed E-state index contributed by atoms with van der Waals surface area (Å²) in [6.45, 7) is 17.3. The van der Waals surface area contributed by atoms with Crippen molar-refractivity contribution < 1.29 is 125 Å². The average molecular weight is 1220 g/mol. The van der Waals surface area contributed by atoms with Gasteiger partial charge in [0.25, 0.3) is 0 Å². The van der Waals surface area contributed by atoms with Gasteiger partial charge in [-0.1, -0.05) is 42.2 Å². The zero-order valence-corrected chi connectivity index (χ0v) is 49.9. The van der Waals surface area contributed by atoms with Crippen LogP contribution in [0.15, 0.2) is 34.4 Å². The summed E-state index contributed by atoms with van der Waals surface area (Å²) < 4.78 is 101. The third-order valence-corrected chi connectivity index (χ3v) is 20.3. The lowest BCUT2D eigenvalue weighted by Crippen LogP contribution is -2.68. The molecule has 480 valence electrons. The summed E-state index contributed by atoms with van der Waals surface area (Å²) in [6, 6.07) is 0. The number of aliphatic hydroxyl groups is 11. The number of carbonyl (C=O) groups excluding carboxylic acids is 1. The Morgan fingerprint density at radius 1 is 0.560 bits per heavy atom. The Bertz CT molecular complexity index is 2530. The Morgan fingerprint density at radius 3 is 1.61 bits per heavy atom. The normalized spacial score (nSPS) is 51.4. The van der Waals surface area contributed by atoms with Gasteiger partial charge in [0.15, 0.2) is 37.2 Å². The topological polar surface area (TPSA) is 396 Å². The van der Waals surface area contributed by atoms with Crippen molar-refractivity contribution in [2.45, 2.75) is 286 Å². The Kier molecular flexibility index (Phi) is 20.3. The van der Waals surface area contributed by atoms with Crippen LogP contribution >= 0.6 is 0 Å². The summed E-state index contributed by atoms with van der Waals surface area (Å²) >= 11 is 0. The van der Waals surface area contributed by atoms with E-state index < -0.39 is 187 Å². The maximum Gasteiger partial charge on any atom is 0.397 e. The van der Waals surface area contributed by atoms with Gasteiger partial charge in [-0.3, -0.25) is 9.35 Å². The maximum atomic E-state index is 13.1. The van der Waals surface area contributed by atoms with Gasteiger partial charge in [-0.2, -0.15) is 8.42 Å². The standard InChI is InChI=1S/C57H90O26S/c1-21(2)17-28(58)18-22(3)31-11-12-32-30-20-35(34-19-29(83-84(70,71)72)13-15-57(34,10)33(30)14-16-56(31,32)9)78-53-46(69)48(39(62)26(7)75-53)80-55-50(82-52-44(67)41(64)37(60)24(5)74-52)45(68)47(27(8)77-55)79-54-49(42(65)38(61)25(6)76-54)81-51-43(66)40(63)36(59)23(4)73-51/h14,17,23-27,29-30,32,34-55,59-69H,11-13,15-16,18-20H2,1-10H3,(H,70,71,72)/b31-22+/t23-,24-,25-,26-,27-,29+,30+,32+,34-,35+,36+,37-,38+,39-,40+,41+,42+,43-,44-,45+,46-,47-,48+,49-,50-,51+,52+,53+,54+,55+,56-,57-/m1/s1. The molecule has 84 heavy (non-hydrogen) atoms. The van der Waals surface area contributed by atoms with E-state index in [0.717, 1.165) is 30.4 Å². The summed E-state index contributed by atoms with van der Waals surface area (Å²) in [5.74, 6) is -0.378. The van der Waals surface area contributed by atoms with Crippen LogP contribution in [0.4, 0.5) is 0 Å². The molecule has 0 aromatic heterocycles. The molecule has 9 rings (SSSR count). The molecule has 0 spiro atoms. The van der Waals surface area contributed by atoms with Crippen LogP contribution in [0, 0.1) is 28.6 Å². The molecule has 32 atom stereocenters. The number of rotatable bonds is 15. The van der Waals surface area contributed by atoms with Crippen LogP contribution in [-0.4, -0.2) is 241 Å². The van der Waals surface area contributed by atoms with Gasteiger partial charge in [0.05, 0.1) is 42.7 Å². The molecule has 0 aromatic rings. The molecule has 5 heterocycles. The SMILES string of the molecule is CC(C)=CC(=O)C/C(C)=C1\CC[C@H]2[C@@H]3C[C@H](O[C@@H]4O[C@H](C)[C@@H](O)[C@H](O[C@@H]5O[C@H](C)[C@@H](O[C@@H]6O[C@H](C)[C@H](O)[C@H](O)[C@H]6O[C@@H]6O[C@H](C)[C@H](O)[C@H](O)[C@H]6O)[C@H](O)[C@H]5O[C@@H]5O[C@H](C)[C@@H](O)[C@H](O)[C@H]5O)[C@H]4O)[C@H]4C[C@@H](OS(=O)(=O)O)CC[C@]4(C)C3=CC[C@]12C. The second kappa shape index (κ2) is 25.7. The van der Waals surface area contributed by atoms with Crippen molar-refractivity contribution in [3.05, 3.63) is 34.4 Å². The summed E-state index contributed by atoms with van der Waals surface area (Å²) in [5.41, 5.74) is 3.52. The molecule has 12 N–H and O–H groups in total. The first kappa shape index (κ1) is 66.3. The monoisotopic (exact) mass is 1220 g/mol. The minimum atomic E-state index is -4.86. The molecule has 0 amide bonds. The molecule has 5 aliphatic heterocycles. The number of aliphatic hydroxyl groups excluding tert-OH is 11. The molecule has 8 fully saturated rings. The molecule has 9 aliphatic rings. The van der Waals surface area contributed by atoms with Gasteiger partial charge in [-0.05, 0) is 135 Å². The Labute approximate surface area is 489 Å². The van der Waals surface area contributed by atoms with Crippen LogP contribution in [0.3, 0.4) is 0 Å². The lowest BCUT2D eigenvalue weighted by molar-refractivity contribution is -0.406. The second-order valence-corrected chi connectivity index (χ2v) is 26.9. The first-order valence-electron chi connectivity index (χ1n) is 29.5. The summed E-state index contributed by atoms with van der Waals surface area (Å²) in [5, 5.41) is 123. The molecule has 3 saturated carbocycles. The van der Waals surface area contributed by atoms with Gasteiger partial charge in [-0.15, -0.1) is 0 Å². The largest absolute Gasteiger partial charge is 0.397 e. The average Bonchev–Trinajstić information content (AvgIpc) is 1.33. The van der Waals surface area contributed by atoms with Gasteiger partial charge in [-0.25, -0.2) is 4.18 Å². The van der Waals surface area contributed by atoms with E-state index in [1.165, 1.54) is 45.8 Å². The quantitative estimate of drug-likeness (QED) is 0.0564. The number of carbonyl (C=O) groups is 1. The Hall–Kier alpha value is -2.08. The van der Waals surface area contributed by atoms with Gasteiger partial charge < -0.3 is 104 Å². The highest BCUT2D eigenvalue weighted by Gasteiger charge is 2.62. The van der Waals surface area contributed by atoms with Crippen molar-refractivity contribution in [2.75, 3.05) is 0 Å². The Morgan fingerprint density at radius 2 is 1.05 bits per heavy atom. The van der Waals surface area contributed by atoms with E-state index in [-0.39, 0.29) is 29.5 Å². The van der Waals surface area contributed by atoms with Crippen LogP contribution in [0.25, 0.3) is 0 Å². The first-order valence-corrected chi connectivity index (χ1v) is 30.9. The molecule has 5 saturated heterocycles. The van der Waals surface area contributed by atoms with Gasteiger partial charge in [0, 0.05) is 6.42 Å². The molecular formula is C57H90O26S. The van der Waals surface area contributed by atoms with E-state index in [0.29, 0.717) is 25.7 Å². The Balaban J connectivity index is 0.996. The number of ketones is 1.